The highest BCUT2D eigenvalue weighted by Gasteiger charge is 2.01. The molecule has 2 rings (SSSR count). The number of aromatic nitrogens is 1. The molecule has 0 saturated heterocycles. The summed E-state index contributed by atoms with van der Waals surface area (Å²) in [5.41, 5.74) is 7.19. The molecule has 0 fully saturated rings. The Bertz CT molecular complexity index is 499. The molecular formula is C11H9BrClN3. The number of benzene rings is 1. The maximum absolute atomic E-state index is 5.88. The van der Waals surface area contributed by atoms with Gasteiger partial charge in [-0.3, -0.25) is 0 Å². The fourth-order valence-electron chi connectivity index (χ4n) is 1.22. The van der Waals surface area contributed by atoms with Gasteiger partial charge in [-0.1, -0.05) is 11.6 Å². The van der Waals surface area contributed by atoms with Crippen LogP contribution in [0.5, 0.6) is 0 Å². The first-order valence-electron chi connectivity index (χ1n) is 4.59. The summed E-state index contributed by atoms with van der Waals surface area (Å²) in [7, 11) is 0. The minimum atomic E-state index is 0.633. The topological polar surface area (TPSA) is 50.9 Å². The van der Waals surface area contributed by atoms with Gasteiger partial charge in [0.1, 0.15) is 5.82 Å². The smallest absolute Gasteiger partial charge is 0.130 e. The lowest BCUT2D eigenvalue weighted by Gasteiger charge is -2.08. The van der Waals surface area contributed by atoms with Gasteiger partial charge in [-0.15, -0.1) is 0 Å². The maximum atomic E-state index is 5.88. The van der Waals surface area contributed by atoms with E-state index in [9.17, 15) is 0 Å². The molecule has 0 aliphatic heterocycles. The first-order chi connectivity index (χ1) is 7.65. The molecule has 3 N–H and O–H groups in total. The first-order valence-corrected chi connectivity index (χ1v) is 5.76. The van der Waals surface area contributed by atoms with E-state index in [1.165, 1.54) is 0 Å². The fraction of sp³-hybridized carbons (Fsp3) is 0. The van der Waals surface area contributed by atoms with E-state index < -0.39 is 0 Å². The Hall–Kier alpha value is -1.26. The Morgan fingerprint density at radius 2 is 2.06 bits per heavy atom. The first kappa shape index (κ1) is 11.2. The third kappa shape index (κ3) is 2.65. The molecule has 1 aromatic carbocycles. The highest BCUT2D eigenvalue weighted by atomic mass is 79.9. The molecule has 0 amide bonds. The quantitative estimate of drug-likeness (QED) is 0.829. The number of halogens is 2. The zero-order valence-corrected chi connectivity index (χ0v) is 10.6. The van der Waals surface area contributed by atoms with Gasteiger partial charge in [-0.2, -0.15) is 0 Å². The number of pyridine rings is 1. The zero-order valence-electron chi connectivity index (χ0n) is 8.24. The van der Waals surface area contributed by atoms with E-state index in [4.69, 9.17) is 17.3 Å². The number of nitrogens with one attached hydrogen (secondary N) is 1. The van der Waals surface area contributed by atoms with Crippen LogP contribution < -0.4 is 11.1 Å². The summed E-state index contributed by atoms with van der Waals surface area (Å²) in [4.78, 5) is 4.19. The minimum Gasteiger partial charge on any atom is -0.397 e. The van der Waals surface area contributed by atoms with Crippen molar-refractivity contribution < 1.29 is 0 Å². The van der Waals surface area contributed by atoms with E-state index in [-0.39, 0.29) is 0 Å². The van der Waals surface area contributed by atoms with Crippen molar-refractivity contribution >= 4 is 44.7 Å². The Labute approximate surface area is 107 Å². The van der Waals surface area contributed by atoms with Gasteiger partial charge in [0, 0.05) is 15.7 Å². The Morgan fingerprint density at radius 3 is 2.75 bits per heavy atom. The fourth-order valence-corrected chi connectivity index (χ4v) is 1.63. The average Bonchev–Trinajstić information content (AvgIpc) is 2.27. The number of hydrogen-bond acceptors (Lipinski definition) is 3. The number of nitrogen functional groups attached to an aromatic ring is 1. The lowest BCUT2D eigenvalue weighted by atomic mass is 10.2. The van der Waals surface area contributed by atoms with Crippen LogP contribution in [-0.4, -0.2) is 4.98 Å². The predicted molar refractivity (Wildman–Crippen MR) is 71.1 cm³/mol. The molecule has 1 aromatic heterocycles. The maximum Gasteiger partial charge on any atom is 0.130 e. The molecule has 16 heavy (non-hydrogen) atoms. The molecule has 5 heteroatoms. The molecule has 0 aliphatic carbocycles. The minimum absolute atomic E-state index is 0.633. The summed E-state index contributed by atoms with van der Waals surface area (Å²) >= 11 is 9.21. The summed E-state index contributed by atoms with van der Waals surface area (Å²) in [5, 5.41) is 3.73. The van der Waals surface area contributed by atoms with Crippen LogP contribution in [0.3, 0.4) is 0 Å². The van der Waals surface area contributed by atoms with Gasteiger partial charge >= 0.3 is 0 Å². The Balaban J connectivity index is 2.26. The van der Waals surface area contributed by atoms with Crippen molar-refractivity contribution in [3.63, 3.8) is 0 Å². The number of nitrogens with zero attached hydrogens (tertiary/aromatic N) is 1. The molecule has 0 radical (unpaired) electrons. The highest BCUT2D eigenvalue weighted by molar-refractivity contribution is 9.10. The molecule has 0 saturated carbocycles. The van der Waals surface area contributed by atoms with Crippen LogP contribution in [0.4, 0.5) is 17.2 Å². The molecule has 3 nitrogen and oxygen atoms in total. The number of anilines is 3. The van der Waals surface area contributed by atoms with E-state index in [2.05, 4.69) is 26.2 Å². The van der Waals surface area contributed by atoms with Crippen molar-refractivity contribution in [3.8, 4) is 0 Å². The summed E-state index contributed by atoms with van der Waals surface area (Å²) in [6, 6.07) is 9.02. The summed E-state index contributed by atoms with van der Waals surface area (Å²) in [6.45, 7) is 0. The lowest BCUT2D eigenvalue weighted by Crippen LogP contribution is -1.97. The van der Waals surface area contributed by atoms with E-state index >= 15 is 0 Å². The highest BCUT2D eigenvalue weighted by Crippen LogP contribution is 2.25. The van der Waals surface area contributed by atoms with Crippen molar-refractivity contribution in [2.75, 3.05) is 11.1 Å². The van der Waals surface area contributed by atoms with Gasteiger partial charge in [-0.25, -0.2) is 4.98 Å². The largest absolute Gasteiger partial charge is 0.397 e. The van der Waals surface area contributed by atoms with Gasteiger partial charge in [-0.05, 0) is 46.3 Å². The van der Waals surface area contributed by atoms with Gasteiger partial charge in [0.25, 0.3) is 0 Å². The van der Waals surface area contributed by atoms with Crippen LogP contribution in [0.15, 0.2) is 41.0 Å². The third-order valence-corrected chi connectivity index (χ3v) is 2.71. The summed E-state index contributed by atoms with van der Waals surface area (Å²) in [5.74, 6) is 0.720. The van der Waals surface area contributed by atoms with Gasteiger partial charge in [0.2, 0.25) is 0 Å². The zero-order chi connectivity index (χ0) is 11.5. The molecule has 0 atom stereocenters. The standard InChI is InChI=1S/C11H9BrClN3/c12-7-1-4-11(15-6-7)16-10-5-8(13)2-3-9(10)14/h1-6H,14H2,(H,15,16). The summed E-state index contributed by atoms with van der Waals surface area (Å²) < 4.78 is 0.928. The number of rotatable bonds is 2. The predicted octanol–water partition coefficient (Wildman–Crippen LogP) is 3.82. The van der Waals surface area contributed by atoms with E-state index in [0.29, 0.717) is 10.7 Å². The molecule has 0 spiro atoms. The molecule has 0 aliphatic rings. The monoisotopic (exact) mass is 297 g/mol. The van der Waals surface area contributed by atoms with Crippen molar-refractivity contribution in [3.05, 3.63) is 46.0 Å². The average molecular weight is 299 g/mol. The summed E-state index contributed by atoms with van der Waals surface area (Å²) in [6.07, 6.45) is 1.71. The van der Waals surface area contributed by atoms with Gasteiger partial charge in [0.15, 0.2) is 0 Å². The molecule has 0 unspecified atom stereocenters. The number of nitrogens with two attached hydrogens (primary N) is 1. The van der Waals surface area contributed by atoms with Crippen LogP contribution in [0, 0.1) is 0 Å². The van der Waals surface area contributed by atoms with E-state index in [1.54, 1.807) is 24.4 Å². The molecule has 2 aromatic rings. The van der Waals surface area contributed by atoms with Crippen LogP contribution >= 0.6 is 27.5 Å². The van der Waals surface area contributed by atoms with E-state index in [1.807, 2.05) is 12.1 Å². The second-order valence-electron chi connectivity index (χ2n) is 3.22. The molecule has 82 valence electrons. The van der Waals surface area contributed by atoms with Crippen molar-refractivity contribution in [2.45, 2.75) is 0 Å². The second kappa shape index (κ2) is 4.72. The Kier molecular flexibility index (Phi) is 3.31. The van der Waals surface area contributed by atoms with Crippen LogP contribution in [0.2, 0.25) is 5.02 Å². The van der Waals surface area contributed by atoms with Crippen molar-refractivity contribution in [1.82, 2.24) is 4.98 Å². The van der Waals surface area contributed by atoms with Crippen LogP contribution in [-0.2, 0) is 0 Å². The third-order valence-electron chi connectivity index (χ3n) is 2.01. The lowest BCUT2D eigenvalue weighted by molar-refractivity contribution is 1.29. The van der Waals surface area contributed by atoms with E-state index in [0.717, 1.165) is 16.0 Å². The number of hydrogen-bond donors (Lipinski definition) is 2. The van der Waals surface area contributed by atoms with Gasteiger partial charge in [0.05, 0.1) is 11.4 Å². The van der Waals surface area contributed by atoms with Crippen molar-refractivity contribution in [1.29, 1.82) is 0 Å². The Morgan fingerprint density at radius 1 is 1.25 bits per heavy atom. The second-order valence-corrected chi connectivity index (χ2v) is 4.57. The van der Waals surface area contributed by atoms with Crippen molar-refractivity contribution in [2.24, 2.45) is 0 Å². The normalized spacial score (nSPS) is 10.1. The van der Waals surface area contributed by atoms with Gasteiger partial charge < -0.3 is 11.1 Å². The molecular weight excluding hydrogens is 289 g/mol. The molecule has 1 heterocycles. The van der Waals surface area contributed by atoms with Crippen LogP contribution in [0.1, 0.15) is 0 Å². The molecule has 0 bridgehead atoms. The van der Waals surface area contributed by atoms with Crippen LogP contribution in [0.25, 0.3) is 0 Å². The SMILES string of the molecule is Nc1ccc(Cl)cc1Nc1ccc(Br)cn1.